The van der Waals surface area contributed by atoms with Gasteiger partial charge >= 0.3 is 0 Å². The average molecular weight is 379 g/mol. The van der Waals surface area contributed by atoms with E-state index in [0.717, 1.165) is 11.1 Å². The number of rotatable bonds is 5. The molecule has 0 saturated carbocycles. The Morgan fingerprint density at radius 2 is 1.69 bits per heavy atom. The molecule has 1 amide bonds. The molecule has 0 saturated heterocycles. The van der Waals surface area contributed by atoms with E-state index in [1.807, 2.05) is 54.6 Å². The molecule has 1 heterocycles. The van der Waals surface area contributed by atoms with Crippen molar-refractivity contribution in [1.82, 2.24) is 10.3 Å². The SMILES string of the molecule is N#Cc1ccc(CNC(=O)c2ccccc2-c2ncc(-c3ccccc3)o2)cc1. The second kappa shape index (κ2) is 8.24. The standard InChI is InChI=1S/C24H17N3O2/c25-14-17-10-12-18(13-11-17)15-26-23(28)20-8-4-5-9-21(20)24-27-16-22(29-24)19-6-2-1-3-7-19/h1-13,16H,15H2,(H,26,28). The van der Waals surface area contributed by atoms with E-state index >= 15 is 0 Å². The Hall–Kier alpha value is -4.17. The van der Waals surface area contributed by atoms with Crippen molar-refractivity contribution in [3.05, 3.63) is 102 Å². The van der Waals surface area contributed by atoms with Gasteiger partial charge in [-0.2, -0.15) is 5.26 Å². The zero-order chi connectivity index (χ0) is 20.1. The van der Waals surface area contributed by atoms with Crippen LogP contribution >= 0.6 is 0 Å². The summed E-state index contributed by atoms with van der Waals surface area (Å²) in [7, 11) is 0. The number of carbonyl (C=O) groups excluding carboxylic acids is 1. The van der Waals surface area contributed by atoms with E-state index < -0.39 is 0 Å². The van der Waals surface area contributed by atoms with Crippen molar-refractivity contribution in [2.24, 2.45) is 0 Å². The fraction of sp³-hybridized carbons (Fsp3) is 0.0417. The molecule has 0 aliphatic carbocycles. The summed E-state index contributed by atoms with van der Waals surface area (Å²) >= 11 is 0. The van der Waals surface area contributed by atoms with Gasteiger partial charge in [0, 0.05) is 17.7 Å². The highest BCUT2D eigenvalue weighted by Crippen LogP contribution is 2.28. The number of amides is 1. The number of aromatic nitrogens is 1. The van der Waals surface area contributed by atoms with Crippen LogP contribution in [0.25, 0.3) is 22.8 Å². The van der Waals surface area contributed by atoms with E-state index in [1.165, 1.54) is 0 Å². The second-order valence-electron chi connectivity index (χ2n) is 6.43. The smallest absolute Gasteiger partial charge is 0.252 e. The summed E-state index contributed by atoms with van der Waals surface area (Å²) in [5.41, 5.74) is 3.55. The first-order chi connectivity index (χ1) is 14.2. The first-order valence-electron chi connectivity index (χ1n) is 9.12. The van der Waals surface area contributed by atoms with Crippen molar-refractivity contribution in [1.29, 1.82) is 5.26 Å². The third-order valence-electron chi connectivity index (χ3n) is 4.50. The van der Waals surface area contributed by atoms with E-state index in [9.17, 15) is 4.79 Å². The molecular weight excluding hydrogens is 362 g/mol. The number of nitrogens with zero attached hydrogens (tertiary/aromatic N) is 2. The highest BCUT2D eigenvalue weighted by Gasteiger charge is 2.16. The van der Waals surface area contributed by atoms with E-state index in [1.54, 1.807) is 30.5 Å². The van der Waals surface area contributed by atoms with Crippen LogP contribution in [0.1, 0.15) is 21.5 Å². The molecule has 5 nitrogen and oxygen atoms in total. The molecule has 0 bridgehead atoms. The van der Waals surface area contributed by atoms with Crippen LogP contribution in [0, 0.1) is 11.3 Å². The molecule has 0 fully saturated rings. The Bertz CT molecular complexity index is 1170. The Morgan fingerprint density at radius 3 is 2.45 bits per heavy atom. The molecule has 0 atom stereocenters. The van der Waals surface area contributed by atoms with Crippen LogP contribution in [0.5, 0.6) is 0 Å². The molecule has 4 rings (SSSR count). The monoisotopic (exact) mass is 379 g/mol. The van der Waals surface area contributed by atoms with Gasteiger partial charge in [-0.1, -0.05) is 54.6 Å². The molecule has 3 aromatic carbocycles. The second-order valence-corrected chi connectivity index (χ2v) is 6.43. The van der Waals surface area contributed by atoms with Crippen LogP contribution < -0.4 is 5.32 Å². The van der Waals surface area contributed by atoms with Gasteiger partial charge in [0.2, 0.25) is 5.89 Å². The first kappa shape index (κ1) is 18.2. The predicted octanol–water partition coefficient (Wildman–Crippen LogP) is 4.81. The van der Waals surface area contributed by atoms with Crippen LogP contribution in [0.3, 0.4) is 0 Å². The third-order valence-corrected chi connectivity index (χ3v) is 4.50. The Labute approximate surface area is 168 Å². The van der Waals surface area contributed by atoms with Gasteiger partial charge in [-0.3, -0.25) is 4.79 Å². The van der Waals surface area contributed by atoms with Crippen molar-refractivity contribution in [3.8, 4) is 28.8 Å². The number of carbonyl (C=O) groups is 1. The van der Waals surface area contributed by atoms with E-state index in [-0.39, 0.29) is 5.91 Å². The minimum atomic E-state index is -0.218. The lowest BCUT2D eigenvalue weighted by Crippen LogP contribution is -2.23. The molecule has 140 valence electrons. The molecule has 1 aromatic heterocycles. The maximum absolute atomic E-state index is 12.8. The molecule has 29 heavy (non-hydrogen) atoms. The fourth-order valence-corrected chi connectivity index (χ4v) is 2.98. The van der Waals surface area contributed by atoms with E-state index in [0.29, 0.717) is 34.9 Å². The van der Waals surface area contributed by atoms with E-state index in [4.69, 9.17) is 9.68 Å². The van der Waals surface area contributed by atoms with Gasteiger partial charge in [0.05, 0.1) is 23.4 Å². The van der Waals surface area contributed by atoms with Gasteiger partial charge in [-0.25, -0.2) is 4.98 Å². The molecule has 5 heteroatoms. The molecule has 0 aliphatic heterocycles. The Kier molecular flexibility index (Phi) is 5.17. The number of nitrogens with one attached hydrogen (secondary N) is 1. The number of nitriles is 1. The summed E-state index contributed by atoms with van der Waals surface area (Å²) in [5.74, 6) is 0.825. The molecule has 0 aliphatic rings. The van der Waals surface area contributed by atoms with Crippen LogP contribution in [-0.4, -0.2) is 10.9 Å². The van der Waals surface area contributed by atoms with Crippen molar-refractivity contribution in [2.75, 3.05) is 0 Å². The summed E-state index contributed by atoms with van der Waals surface area (Å²) in [6.45, 7) is 0.361. The quantitative estimate of drug-likeness (QED) is 0.540. The predicted molar refractivity (Wildman–Crippen MR) is 110 cm³/mol. The maximum Gasteiger partial charge on any atom is 0.252 e. The largest absolute Gasteiger partial charge is 0.436 e. The highest BCUT2D eigenvalue weighted by molar-refractivity contribution is 6.00. The van der Waals surface area contributed by atoms with Crippen LogP contribution in [-0.2, 0) is 6.54 Å². The zero-order valence-corrected chi connectivity index (χ0v) is 15.5. The molecule has 1 N–H and O–H groups in total. The molecule has 0 spiro atoms. The zero-order valence-electron chi connectivity index (χ0n) is 15.5. The molecule has 0 radical (unpaired) electrons. The minimum Gasteiger partial charge on any atom is -0.436 e. The summed E-state index contributed by atoms with van der Waals surface area (Å²) in [5, 5.41) is 11.8. The van der Waals surface area contributed by atoms with Crippen molar-refractivity contribution in [3.63, 3.8) is 0 Å². The third kappa shape index (κ3) is 4.07. The van der Waals surface area contributed by atoms with Gasteiger partial charge in [-0.05, 0) is 29.8 Å². The van der Waals surface area contributed by atoms with Crippen molar-refractivity contribution < 1.29 is 9.21 Å². The van der Waals surface area contributed by atoms with Gasteiger partial charge in [0.15, 0.2) is 5.76 Å². The lowest BCUT2D eigenvalue weighted by molar-refractivity contribution is 0.0951. The topological polar surface area (TPSA) is 78.9 Å². The maximum atomic E-state index is 12.8. The number of hydrogen-bond acceptors (Lipinski definition) is 4. The minimum absolute atomic E-state index is 0.218. The first-order valence-corrected chi connectivity index (χ1v) is 9.12. The number of hydrogen-bond donors (Lipinski definition) is 1. The van der Waals surface area contributed by atoms with Gasteiger partial charge in [0.1, 0.15) is 0 Å². The Morgan fingerprint density at radius 1 is 0.966 bits per heavy atom. The number of benzene rings is 3. The molecule has 4 aromatic rings. The van der Waals surface area contributed by atoms with Gasteiger partial charge in [-0.15, -0.1) is 0 Å². The average Bonchev–Trinajstić information content (AvgIpc) is 3.28. The van der Waals surface area contributed by atoms with E-state index in [2.05, 4.69) is 16.4 Å². The fourth-order valence-electron chi connectivity index (χ4n) is 2.98. The van der Waals surface area contributed by atoms with Crippen LogP contribution in [0.15, 0.2) is 89.5 Å². The summed E-state index contributed by atoms with van der Waals surface area (Å²) in [6.07, 6.45) is 1.66. The lowest BCUT2D eigenvalue weighted by atomic mass is 10.1. The Balaban J connectivity index is 1.54. The van der Waals surface area contributed by atoms with Crippen LogP contribution in [0.4, 0.5) is 0 Å². The van der Waals surface area contributed by atoms with Crippen molar-refractivity contribution >= 4 is 5.91 Å². The molecule has 0 unspecified atom stereocenters. The lowest BCUT2D eigenvalue weighted by Gasteiger charge is -2.08. The summed E-state index contributed by atoms with van der Waals surface area (Å²) in [4.78, 5) is 17.1. The summed E-state index contributed by atoms with van der Waals surface area (Å²) in [6, 6.07) is 26.1. The molecular formula is C24H17N3O2. The highest BCUT2D eigenvalue weighted by atomic mass is 16.4. The van der Waals surface area contributed by atoms with Crippen molar-refractivity contribution in [2.45, 2.75) is 6.54 Å². The normalized spacial score (nSPS) is 10.3. The number of oxazole rings is 1. The van der Waals surface area contributed by atoms with Gasteiger partial charge < -0.3 is 9.73 Å². The summed E-state index contributed by atoms with van der Waals surface area (Å²) < 4.78 is 5.91. The van der Waals surface area contributed by atoms with Gasteiger partial charge in [0.25, 0.3) is 5.91 Å². The van der Waals surface area contributed by atoms with Crippen LogP contribution in [0.2, 0.25) is 0 Å².